The Morgan fingerprint density at radius 2 is 1.69 bits per heavy atom. The summed E-state index contributed by atoms with van der Waals surface area (Å²) in [6, 6.07) is 13.0. The number of hydrogen-bond donors (Lipinski definition) is 0. The first-order chi connectivity index (χ1) is 14.1. The smallest absolute Gasteiger partial charge is 0.137 e. The zero-order valence-corrected chi connectivity index (χ0v) is 17.5. The zero-order valence-electron chi connectivity index (χ0n) is 16.7. The van der Waals surface area contributed by atoms with Crippen LogP contribution < -0.4 is 9.47 Å². The molecule has 6 nitrogen and oxygen atoms in total. The molecule has 1 fully saturated rings. The summed E-state index contributed by atoms with van der Waals surface area (Å²) in [5.41, 5.74) is 2.73. The Morgan fingerprint density at radius 1 is 1.07 bits per heavy atom. The molecule has 2 aromatic carbocycles. The number of hydrogen-bond acceptors (Lipinski definition) is 6. The number of rotatable bonds is 8. The molecule has 2 aromatic rings. The van der Waals surface area contributed by atoms with E-state index in [1.165, 1.54) is 0 Å². The summed E-state index contributed by atoms with van der Waals surface area (Å²) >= 11 is -2.11. The molecule has 0 radical (unpaired) electrons. The van der Waals surface area contributed by atoms with Crippen molar-refractivity contribution in [2.24, 2.45) is 0 Å². The molecule has 0 saturated carbocycles. The molecule has 3 atom stereocenters. The van der Waals surface area contributed by atoms with Gasteiger partial charge in [-0.2, -0.15) is 0 Å². The molecule has 0 amide bonds. The Hall–Kier alpha value is -2.22. The van der Waals surface area contributed by atoms with Crippen molar-refractivity contribution >= 4 is 17.4 Å². The van der Waals surface area contributed by atoms with Gasteiger partial charge < -0.3 is 18.8 Å². The maximum absolute atomic E-state index is 11.8. The van der Waals surface area contributed by atoms with Gasteiger partial charge in [0.25, 0.3) is 0 Å². The van der Waals surface area contributed by atoms with E-state index in [2.05, 4.69) is 4.90 Å². The largest absolute Gasteiger partial charge is 0.772 e. The van der Waals surface area contributed by atoms with Crippen LogP contribution in [0.3, 0.4) is 0 Å². The fourth-order valence-electron chi connectivity index (χ4n) is 4.06. The van der Waals surface area contributed by atoms with Crippen LogP contribution in [0.2, 0.25) is 0 Å². The van der Waals surface area contributed by atoms with Crippen molar-refractivity contribution in [3.63, 3.8) is 0 Å². The third-order valence-corrected chi connectivity index (χ3v) is 6.00. The van der Waals surface area contributed by atoms with Gasteiger partial charge in [-0.1, -0.05) is 41.4 Å². The van der Waals surface area contributed by atoms with Crippen molar-refractivity contribution in [1.82, 2.24) is 4.90 Å². The van der Waals surface area contributed by atoms with E-state index in [4.69, 9.17) is 9.47 Å². The molecular weight excluding hydrogens is 390 g/mol. The fourth-order valence-corrected chi connectivity index (χ4v) is 4.53. The number of methoxy groups -OCH3 is 2. The van der Waals surface area contributed by atoms with E-state index in [0.29, 0.717) is 6.54 Å². The van der Waals surface area contributed by atoms with E-state index in [1.807, 2.05) is 42.5 Å². The molecule has 0 spiro atoms. The van der Waals surface area contributed by atoms with Gasteiger partial charge in [-0.15, -0.1) is 0 Å². The molecule has 156 valence electrons. The number of carbonyl (C=O) groups is 1. The third-order valence-electron chi connectivity index (χ3n) is 5.43. The predicted molar refractivity (Wildman–Crippen MR) is 111 cm³/mol. The van der Waals surface area contributed by atoms with Gasteiger partial charge in [0.15, 0.2) is 0 Å². The number of ether oxygens (including phenoxy) is 2. The molecule has 0 N–H and O–H groups in total. The highest BCUT2D eigenvalue weighted by Gasteiger charge is 2.34. The van der Waals surface area contributed by atoms with Crippen molar-refractivity contribution < 1.29 is 23.0 Å². The second kappa shape index (κ2) is 10.0. The fraction of sp³-hybridized carbons (Fsp3) is 0.409. The normalized spacial score (nSPS) is 20.8. The number of benzene rings is 2. The van der Waals surface area contributed by atoms with E-state index >= 15 is 0 Å². The van der Waals surface area contributed by atoms with Gasteiger partial charge in [0.1, 0.15) is 17.8 Å². The molecule has 0 aromatic heterocycles. The van der Waals surface area contributed by atoms with Gasteiger partial charge in [-0.25, -0.2) is 0 Å². The van der Waals surface area contributed by atoms with Gasteiger partial charge in [0, 0.05) is 18.3 Å². The standard InChI is InChI=1S/C22H27NO5S/c1-27-20-7-4-8-21(28-2)22(20)19-6-3-5-18(14-24)23(19)13-16-9-11-17(12-10-16)15-29(25)26/h4,7-12,14,18-19H,3,5-6,13,15H2,1-2H3,(H,25,26)/p-1. The third kappa shape index (κ3) is 5.04. The quantitative estimate of drug-likeness (QED) is 0.485. The lowest BCUT2D eigenvalue weighted by molar-refractivity contribution is -0.115. The molecule has 3 rings (SSSR count). The number of carbonyl (C=O) groups excluding carboxylic acids is 1. The van der Waals surface area contributed by atoms with Crippen LogP contribution in [-0.2, 0) is 28.2 Å². The monoisotopic (exact) mass is 416 g/mol. The summed E-state index contributed by atoms with van der Waals surface area (Å²) in [7, 11) is 3.28. The van der Waals surface area contributed by atoms with Gasteiger partial charge in [-0.3, -0.25) is 9.11 Å². The summed E-state index contributed by atoms with van der Waals surface area (Å²) in [5, 5.41) is 0. The molecular formula is C22H26NO5S-. The molecule has 7 heteroatoms. The number of nitrogens with zero attached hydrogens (tertiary/aromatic N) is 1. The summed E-state index contributed by atoms with van der Waals surface area (Å²) in [6.45, 7) is 0.579. The lowest BCUT2D eigenvalue weighted by Crippen LogP contribution is -2.42. The molecule has 0 aliphatic carbocycles. The predicted octanol–water partition coefficient (Wildman–Crippen LogP) is 3.38. The van der Waals surface area contributed by atoms with Crippen molar-refractivity contribution in [2.75, 3.05) is 14.2 Å². The van der Waals surface area contributed by atoms with Gasteiger partial charge in [0.05, 0.1) is 25.8 Å². The second-order valence-electron chi connectivity index (χ2n) is 7.16. The molecule has 3 unspecified atom stereocenters. The lowest BCUT2D eigenvalue weighted by atomic mass is 9.89. The van der Waals surface area contributed by atoms with Crippen molar-refractivity contribution in [3.8, 4) is 11.5 Å². The summed E-state index contributed by atoms with van der Waals surface area (Å²) in [4.78, 5) is 14.0. The van der Waals surface area contributed by atoms with E-state index in [-0.39, 0.29) is 17.8 Å². The minimum atomic E-state index is -2.11. The topological polar surface area (TPSA) is 78.9 Å². The first-order valence-electron chi connectivity index (χ1n) is 9.63. The van der Waals surface area contributed by atoms with Crippen LogP contribution in [0, 0.1) is 0 Å². The molecule has 1 aliphatic rings. The lowest BCUT2D eigenvalue weighted by Gasteiger charge is -2.41. The van der Waals surface area contributed by atoms with Gasteiger partial charge >= 0.3 is 0 Å². The maximum atomic E-state index is 11.8. The van der Waals surface area contributed by atoms with E-state index in [0.717, 1.165) is 53.7 Å². The number of likely N-dealkylation sites (tertiary alicyclic amines) is 1. The first kappa shape index (κ1) is 21.5. The molecule has 1 heterocycles. The molecule has 1 saturated heterocycles. The Kier molecular flexibility index (Phi) is 7.41. The van der Waals surface area contributed by atoms with Crippen LogP contribution in [-0.4, -0.2) is 40.2 Å². The summed E-state index contributed by atoms with van der Waals surface area (Å²) in [6.07, 6.45) is 3.67. The van der Waals surface area contributed by atoms with Crippen LogP contribution in [0.1, 0.15) is 42.0 Å². The van der Waals surface area contributed by atoms with Crippen molar-refractivity contribution in [1.29, 1.82) is 0 Å². The number of piperidine rings is 1. The summed E-state index contributed by atoms with van der Waals surface area (Å²) < 4.78 is 33.0. The maximum Gasteiger partial charge on any atom is 0.137 e. The van der Waals surface area contributed by atoms with E-state index in [9.17, 15) is 13.6 Å². The van der Waals surface area contributed by atoms with Crippen LogP contribution >= 0.6 is 0 Å². The van der Waals surface area contributed by atoms with E-state index < -0.39 is 11.1 Å². The second-order valence-corrected chi connectivity index (χ2v) is 8.06. The SMILES string of the molecule is COc1cccc(OC)c1C1CCCC(C=O)N1Cc1ccc(CS(=O)[O-])cc1. The minimum Gasteiger partial charge on any atom is -0.772 e. The van der Waals surface area contributed by atoms with Gasteiger partial charge in [0.2, 0.25) is 0 Å². The number of aldehydes is 1. The molecule has 1 aliphatic heterocycles. The van der Waals surface area contributed by atoms with Crippen LogP contribution in [0.5, 0.6) is 11.5 Å². The first-order valence-corrected chi connectivity index (χ1v) is 10.9. The highest BCUT2D eigenvalue weighted by molar-refractivity contribution is 7.78. The zero-order chi connectivity index (χ0) is 20.8. The average Bonchev–Trinajstić information content (AvgIpc) is 2.74. The van der Waals surface area contributed by atoms with Crippen LogP contribution in [0.25, 0.3) is 0 Å². The van der Waals surface area contributed by atoms with Crippen LogP contribution in [0.15, 0.2) is 42.5 Å². The Labute approximate surface area is 174 Å². The van der Waals surface area contributed by atoms with Crippen molar-refractivity contribution in [2.45, 2.75) is 43.6 Å². The Balaban J connectivity index is 1.93. The Bertz CT molecular complexity index is 833. The Morgan fingerprint density at radius 3 is 2.24 bits per heavy atom. The molecule has 29 heavy (non-hydrogen) atoms. The molecule has 0 bridgehead atoms. The minimum absolute atomic E-state index is 0.00198. The van der Waals surface area contributed by atoms with Crippen LogP contribution in [0.4, 0.5) is 0 Å². The highest BCUT2D eigenvalue weighted by atomic mass is 32.2. The highest BCUT2D eigenvalue weighted by Crippen LogP contribution is 2.43. The van der Waals surface area contributed by atoms with Crippen molar-refractivity contribution in [3.05, 3.63) is 59.2 Å². The summed E-state index contributed by atoms with van der Waals surface area (Å²) in [5.74, 6) is 1.50. The van der Waals surface area contributed by atoms with E-state index in [1.54, 1.807) is 14.2 Å². The van der Waals surface area contributed by atoms with Gasteiger partial charge in [-0.05, 0) is 42.5 Å². The average molecular weight is 417 g/mol.